The first-order chi connectivity index (χ1) is 14.5. The second-order valence-corrected chi connectivity index (χ2v) is 6.38. The number of carbonyl (C=O) groups is 2. The zero-order valence-electron chi connectivity index (χ0n) is 17.1. The average molecular weight is 409 g/mol. The minimum absolute atomic E-state index is 0.161. The Kier molecular flexibility index (Phi) is 6.75. The third-order valence-electron chi connectivity index (χ3n) is 4.37. The number of ether oxygens (including phenoxy) is 3. The van der Waals surface area contributed by atoms with Crippen LogP contribution in [-0.2, 0) is 11.2 Å². The zero-order valence-corrected chi connectivity index (χ0v) is 17.1. The molecular formula is C23H23NO6. The van der Waals surface area contributed by atoms with E-state index in [1.807, 2.05) is 18.2 Å². The molecule has 0 bridgehead atoms. The summed E-state index contributed by atoms with van der Waals surface area (Å²) in [6.45, 7) is 2.02. The summed E-state index contributed by atoms with van der Waals surface area (Å²) in [5.41, 5.74) is 1.71. The number of methoxy groups -OCH3 is 2. The van der Waals surface area contributed by atoms with Gasteiger partial charge in [-0.1, -0.05) is 6.07 Å². The van der Waals surface area contributed by atoms with E-state index < -0.39 is 11.9 Å². The number of benzene rings is 2. The topological polar surface area (TPSA) is 87.0 Å². The van der Waals surface area contributed by atoms with Gasteiger partial charge in [0.1, 0.15) is 17.3 Å². The lowest BCUT2D eigenvalue weighted by Crippen LogP contribution is -2.12. The lowest BCUT2D eigenvalue weighted by Gasteiger charge is -2.09. The highest BCUT2D eigenvalue weighted by atomic mass is 16.5. The summed E-state index contributed by atoms with van der Waals surface area (Å²) in [6, 6.07) is 15.4. The summed E-state index contributed by atoms with van der Waals surface area (Å²) in [7, 11) is 3.19. The fraction of sp³-hybridized carbons (Fsp3) is 0.217. The van der Waals surface area contributed by atoms with Gasteiger partial charge in [-0.2, -0.15) is 0 Å². The monoisotopic (exact) mass is 409 g/mol. The molecule has 0 aliphatic carbocycles. The highest BCUT2D eigenvalue weighted by molar-refractivity contribution is 6.03. The first-order valence-electron chi connectivity index (χ1n) is 9.42. The van der Waals surface area contributed by atoms with Crippen LogP contribution in [0.2, 0.25) is 0 Å². The van der Waals surface area contributed by atoms with Crippen molar-refractivity contribution in [2.45, 2.75) is 13.3 Å². The Bertz CT molecular complexity index is 1040. The van der Waals surface area contributed by atoms with E-state index in [0.717, 1.165) is 5.56 Å². The lowest BCUT2D eigenvalue weighted by molar-refractivity contribution is 0.0526. The fourth-order valence-electron chi connectivity index (χ4n) is 2.93. The first-order valence-corrected chi connectivity index (χ1v) is 9.42. The van der Waals surface area contributed by atoms with Crippen molar-refractivity contribution in [1.29, 1.82) is 0 Å². The number of hydrogen-bond donors (Lipinski definition) is 1. The molecule has 1 aromatic heterocycles. The Morgan fingerprint density at radius 2 is 1.83 bits per heavy atom. The van der Waals surface area contributed by atoms with E-state index in [1.165, 1.54) is 0 Å². The highest BCUT2D eigenvalue weighted by Crippen LogP contribution is 2.27. The number of rotatable bonds is 8. The molecule has 156 valence electrons. The number of anilines is 1. The van der Waals surface area contributed by atoms with Gasteiger partial charge in [-0.3, -0.25) is 4.79 Å². The molecule has 0 unspecified atom stereocenters. The molecule has 2 aromatic carbocycles. The van der Waals surface area contributed by atoms with E-state index in [4.69, 9.17) is 18.6 Å². The number of nitrogens with one attached hydrogen (secondary N) is 1. The minimum Gasteiger partial charge on any atom is -0.497 e. The van der Waals surface area contributed by atoms with Crippen molar-refractivity contribution in [3.05, 3.63) is 77.2 Å². The second-order valence-electron chi connectivity index (χ2n) is 6.38. The van der Waals surface area contributed by atoms with Crippen molar-refractivity contribution >= 4 is 17.6 Å². The predicted octanol–water partition coefficient (Wildman–Crippen LogP) is 4.32. The van der Waals surface area contributed by atoms with Gasteiger partial charge in [-0.15, -0.1) is 0 Å². The SMILES string of the molecule is CCOC(=O)c1cccc(NC(=O)c2ccc(Cc3cc(OC)ccc3OC)o2)c1. The van der Waals surface area contributed by atoms with E-state index in [2.05, 4.69) is 5.32 Å². The molecule has 0 saturated heterocycles. The average Bonchev–Trinajstić information content (AvgIpc) is 3.22. The van der Waals surface area contributed by atoms with Gasteiger partial charge in [0.25, 0.3) is 5.91 Å². The predicted molar refractivity (Wildman–Crippen MR) is 111 cm³/mol. The van der Waals surface area contributed by atoms with Gasteiger partial charge in [0.15, 0.2) is 5.76 Å². The summed E-state index contributed by atoms with van der Waals surface area (Å²) in [4.78, 5) is 24.4. The molecule has 1 heterocycles. The van der Waals surface area contributed by atoms with Gasteiger partial charge >= 0.3 is 5.97 Å². The van der Waals surface area contributed by atoms with Crippen LogP contribution in [0.5, 0.6) is 11.5 Å². The molecule has 0 atom stereocenters. The molecule has 3 aromatic rings. The second kappa shape index (κ2) is 9.65. The summed E-state index contributed by atoms with van der Waals surface area (Å²) in [5.74, 6) is 1.31. The third-order valence-corrected chi connectivity index (χ3v) is 4.37. The normalized spacial score (nSPS) is 10.4. The van der Waals surface area contributed by atoms with Crippen LogP contribution in [0, 0.1) is 0 Å². The van der Waals surface area contributed by atoms with Crippen molar-refractivity contribution in [1.82, 2.24) is 0 Å². The molecule has 1 amide bonds. The molecular weight excluding hydrogens is 386 g/mol. The smallest absolute Gasteiger partial charge is 0.338 e. The van der Waals surface area contributed by atoms with Crippen LogP contribution in [0.1, 0.15) is 39.2 Å². The van der Waals surface area contributed by atoms with Crippen molar-refractivity contribution in [3.63, 3.8) is 0 Å². The van der Waals surface area contributed by atoms with Crippen LogP contribution < -0.4 is 14.8 Å². The van der Waals surface area contributed by atoms with Crippen molar-refractivity contribution in [3.8, 4) is 11.5 Å². The summed E-state index contributed by atoms with van der Waals surface area (Å²) >= 11 is 0. The van der Waals surface area contributed by atoms with Crippen LogP contribution in [0.15, 0.2) is 59.0 Å². The Balaban J connectivity index is 1.72. The van der Waals surface area contributed by atoms with Gasteiger partial charge in [-0.05, 0) is 55.5 Å². The molecule has 3 rings (SSSR count). The number of carbonyl (C=O) groups excluding carboxylic acids is 2. The van der Waals surface area contributed by atoms with Gasteiger partial charge in [0, 0.05) is 17.7 Å². The van der Waals surface area contributed by atoms with Gasteiger partial charge in [0.05, 0.1) is 26.4 Å². The van der Waals surface area contributed by atoms with E-state index in [-0.39, 0.29) is 12.4 Å². The van der Waals surface area contributed by atoms with Gasteiger partial charge < -0.3 is 23.9 Å². The van der Waals surface area contributed by atoms with Crippen molar-refractivity contribution in [2.24, 2.45) is 0 Å². The number of hydrogen-bond acceptors (Lipinski definition) is 6. The Morgan fingerprint density at radius 3 is 2.57 bits per heavy atom. The summed E-state index contributed by atoms with van der Waals surface area (Å²) < 4.78 is 21.3. The largest absolute Gasteiger partial charge is 0.497 e. The van der Waals surface area contributed by atoms with Gasteiger partial charge in [0.2, 0.25) is 0 Å². The molecule has 0 aliphatic rings. The maximum Gasteiger partial charge on any atom is 0.338 e. The van der Waals surface area contributed by atoms with Crippen LogP contribution in [0.25, 0.3) is 0 Å². The van der Waals surface area contributed by atoms with E-state index in [0.29, 0.717) is 34.9 Å². The maximum absolute atomic E-state index is 12.5. The highest BCUT2D eigenvalue weighted by Gasteiger charge is 2.15. The van der Waals surface area contributed by atoms with E-state index >= 15 is 0 Å². The maximum atomic E-state index is 12.5. The summed E-state index contributed by atoms with van der Waals surface area (Å²) in [5, 5.41) is 2.73. The Morgan fingerprint density at radius 1 is 1.00 bits per heavy atom. The number of esters is 1. The zero-order chi connectivity index (χ0) is 21.5. The number of furan rings is 1. The molecule has 0 spiro atoms. The fourth-order valence-corrected chi connectivity index (χ4v) is 2.93. The van der Waals surface area contributed by atoms with Crippen molar-refractivity contribution < 1.29 is 28.2 Å². The molecule has 0 fully saturated rings. The third kappa shape index (κ3) is 5.00. The Labute approximate surface area is 174 Å². The molecule has 0 saturated carbocycles. The van der Waals surface area contributed by atoms with E-state index in [9.17, 15) is 9.59 Å². The quantitative estimate of drug-likeness (QED) is 0.558. The molecule has 1 N–H and O–H groups in total. The van der Waals surface area contributed by atoms with Gasteiger partial charge in [-0.25, -0.2) is 4.79 Å². The molecule has 30 heavy (non-hydrogen) atoms. The van der Waals surface area contributed by atoms with E-state index in [1.54, 1.807) is 57.5 Å². The minimum atomic E-state index is -0.443. The van der Waals surface area contributed by atoms with Crippen LogP contribution in [0.4, 0.5) is 5.69 Å². The standard InChI is InChI=1S/C23H23NO6/c1-4-29-23(26)15-6-5-7-17(12-15)24-22(25)21-11-9-19(30-21)14-16-13-18(27-2)8-10-20(16)28-3/h5-13H,4,14H2,1-3H3,(H,24,25). The summed E-state index contributed by atoms with van der Waals surface area (Å²) in [6.07, 6.45) is 0.437. The number of amides is 1. The Hall–Kier alpha value is -3.74. The molecule has 0 radical (unpaired) electrons. The van der Waals surface area contributed by atoms with Crippen LogP contribution in [0.3, 0.4) is 0 Å². The lowest BCUT2D eigenvalue weighted by atomic mass is 10.1. The van der Waals surface area contributed by atoms with Crippen molar-refractivity contribution in [2.75, 3.05) is 26.1 Å². The molecule has 0 aliphatic heterocycles. The van der Waals surface area contributed by atoms with Crippen LogP contribution >= 0.6 is 0 Å². The molecule has 7 heteroatoms. The molecule has 7 nitrogen and oxygen atoms in total. The first kappa shape index (κ1) is 21.0. The van der Waals surface area contributed by atoms with Crippen LogP contribution in [-0.4, -0.2) is 32.7 Å².